The van der Waals surface area contributed by atoms with Gasteiger partial charge in [-0.3, -0.25) is 4.79 Å². The van der Waals surface area contributed by atoms with Crippen molar-refractivity contribution in [3.63, 3.8) is 0 Å². The normalized spacial score (nSPS) is 10.4. The molecule has 92 valence electrons. The van der Waals surface area contributed by atoms with Crippen LogP contribution in [0.25, 0.3) is 0 Å². The topological polar surface area (TPSA) is 37.3 Å². The number of carbonyl (C=O) groups is 1. The highest BCUT2D eigenvalue weighted by Crippen LogP contribution is 2.35. The smallest absolute Gasteiger partial charge is 0.199 e. The van der Waals surface area contributed by atoms with Crippen LogP contribution in [0.15, 0.2) is 40.9 Å². The third kappa shape index (κ3) is 2.26. The summed E-state index contributed by atoms with van der Waals surface area (Å²) in [5.41, 5.74) is -0.151. The van der Waals surface area contributed by atoms with Crippen molar-refractivity contribution in [2.24, 2.45) is 0 Å². The van der Waals surface area contributed by atoms with Crippen LogP contribution >= 0.6 is 27.5 Å². The molecule has 0 aliphatic rings. The van der Waals surface area contributed by atoms with Crippen molar-refractivity contribution in [1.82, 2.24) is 0 Å². The number of benzene rings is 2. The van der Waals surface area contributed by atoms with Crippen LogP contribution < -0.4 is 0 Å². The number of phenolic OH excluding ortho intramolecular Hbond substituents is 1. The molecule has 0 saturated heterocycles. The molecule has 2 rings (SSSR count). The van der Waals surface area contributed by atoms with Gasteiger partial charge in [-0.25, -0.2) is 4.39 Å². The van der Waals surface area contributed by atoms with Crippen molar-refractivity contribution in [1.29, 1.82) is 0 Å². The maximum atomic E-state index is 13.8. The lowest BCUT2D eigenvalue weighted by Gasteiger charge is -2.08. The molecule has 0 saturated carbocycles. The van der Waals surface area contributed by atoms with Gasteiger partial charge in [-0.2, -0.15) is 0 Å². The van der Waals surface area contributed by atoms with Crippen LogP contribution in [0.3, 0.4) is 0 Å². The molecule has 2 aromatic rings. The van der Waals surface area contributed by atoms with Gasteiger partial charge in [0.25, 0.3) is 0 Å². The Hall–Kier alpha value is -1.39. The average Bonchev–Trinajstić information content (AvgIpc) is 2.37. The molecule has 18 heavy (non-hydrogen) atoms. The van der Waals surface area contributed by atoms with Crippen LogP contribution in [0.4, 0.5) is 4.39 Å². The highest BCUT2D eigenvalue weighted by atomic mass is 79.9. The van der Waals surface area contributed by atoms with Crippen LogP contribution in [0.2, 0.25) is 5.02 Å². The second kappa shape index (κ2) is 5.08. The van der Waals surface area contributed by atoms with Crippen molar-refractivity contribution < 1.29 is 14.3 Å². The molecule has 0 fully saturated rings. The molecule has 0 aliphatic carbocycles. The molecule has 0 radical (unpaired) electrons. The first-order valence-electron chi connectivity index (χ1n) is 4.98. The van der Waals surface area contributed by atoms with E-state index in [0.29, 0.717) is 0 Å². The Labute approximate surface area is 116 Å². The monoisotopic (exact) mass is 328 g/mol. The summed E-state index contributed by atoms with van der Waals surface area (Å²) in [6, 6.07) is 9.32. The molecule has 0 aromatic heterocycles. The van der Waals surface area contributed by atoms with E-state index in [0.717, 1.165) is 0 Å². The van der Waals surface area contributed by atoms with E-state index in [1.54, 1.807) is 18.2 Å². The first-order valence-corrected chi connectivity index (χ1v) is 6.15. The summed E-state index contributed by atoms with van der Waals surface area (Å²) in [5.74, 6) is -1.99. The number of ketones is 1. The third-order valence-electron chi connectivity index (χ3n) is 2.41. The van der Waals surface area contributed by atoms with Gasteiger partial charge in [0.2, 0.25) is 0 Å². The minimum atomic E-state index is -0.925. The highest BCUT2D eigenvalue weighted by Gasteiger charge is 2.23. The van der Waals surface area contributed by atoms with Gasteiger partial charge >= 0.3 is 0 Å². The standard InChI is InChI=1S/C13H7BrClFO2/c14-8-6-9(15)11(16)10(13(8)18)12(17)7-4-2-1-3-5-7/h1-6,18H. The van der Waals surface area contributed by atoms with E-state index in [2.05, 4.69) is 15.9 Å². The minimum Gasteiger partial charge on any atom is -0.506 e. The maximum absolute atomic E-state index is 13.8. The van der Waals surface area contributed by atoms with Gasteiger partial charge in [0.15, 0.2) is 11.6 Å². The van der Waals surface area contributed by atoms with Crippen LogP contribution in [-0.2, 0) is 0 Å². The molecule has 0 bridgehead atoms. The molecule has 0 heterocycles. The summed E-state index contributed by atoms with van der Waals surface area (Å²) >= 11 is 8.67. The fourth-order valence-corrected chi connectivity index (χ4v) is 2.29. The van der Waals surface area contributed by atoms with Crippen molar-refractivity contribution in [2.75, 3.05) is 0 Å². The van der Waals surface area contributed by atoms with Gasteiger partial charge < -0.3 is 5.11 Å². The predicted octanol–water partition coefficient (Wildman–Crippen LogP) is 4.18. The van der Waals surface area contributed by atoms with E-state index in [-0.39, 0.29) is 15.1 Å². The number of halogens is 3. The van der Waals surface area contributed by atoms with Crippen LogP contribution in [0.5, 0.6) is 5.75 Å². The number of hydrogen-bond donors (Lipinski definition) is 1. The van der Waals surface area contributed by atoms with Crippen molar-refractivity contribution in [2.45, 2.75) is 0 Å². The number of aromatic hydroxyl groups is 1. The average molecular weight is 330 g/mol. The molecule has 0 unspecified atom stereocenters. The lowest BCUT2D eigenvalue weighted by atomic mass is 10.0. The Bertz CT molecular complexity index is 588. The number of phenols is 1. The molecule has 0 aliphatic heterocycles. The fraction of sp³-hybridized carbons (Fsp3) is 0. The maximum Gasteiger partial charge on any atom is 0.199 e. The van der Waals surface area contributed by atoms with Crippen LogP contribution in [0, 0.1) is 5.82 Å². The summed E-state index contributed by atoms with van der Waals surface area (Å²) in [5, 5.41) is 9.55. The first kappa shape index (κ1) is 13.1. The molecule has 1 N–H and O–H groups in total. The van der Waals surface area contributed by atoms with Crippen LogP contribution in [-0.4, -0.2) is 10.9 Å². The Morgan fingerprint density at radius 1 is 1.28 bits per heavy atom. The summed E-state index contributed by atoms with van der Waals surface area (Å²) in [6.07, 6.45) is 0. The van der Waals surface area contributed by atoms with Crippen molar-refractivity contribution in [3.8, 4) is 5.75 Å². The summed E-state index contributed by atoms with van der Waals surface area (Å²) in [4.78, 5) is 12.1. The van der Waals surface area contributed by atoms with Crippen molar-refractivity contribution in [3.05, 3.63) is 62.8 Å². The van der Waals surface area contributed by atoms with Crippen molar-refractivity contribution >= 4 is 33.3 Å². The summed E-state index contributed by atoms with van der Waals surface area (Å²) in [7, 11) is 0. The van der Waals surface area contributed by atoms with Crippen LogP contribution in [0.1, 0.15) is 15.9 Å². The molecular formula is C13H7BrClFO2. The molecule has 2 aromatic carbocycles. The zero-order valence-corrected chi connectivity index (χ0v) is 11.3. The molecule has 0 spiro atoms. The fourth-order valence-electron chi connectivity index (χ4n) is 1.53. The molecule has 5 heteroatoms. The predicted molar refractivity (Wildman–Crippen MR) is 70.6 cm³/mol. The van der Waals surface area contributed by atoms with E-state index in [9.17, 15) is 14.3 Å². The van der Waals surface area contributed by atoms with E-state index < -0.39 is 22.9 Å². The zero-order chi connectivity index (χ0) is 13.3. The molecule has 2 nitrogen and oxygen atoms in total. The van der Waals surface area contributed by atoms with Gasteiger partial charge in [-0.1, -0.05) is 41.9 Å². The number of carbonyl (C=O) groups excluding carboxylic acids is 1. The highest BCUT2D eigenvalue weighted by molar-refractivity contribution is 9.10. The van der Waals surface area contributed by atoms with E-state index in [1.165, 1.54) is 18.2 Å². The first-order chi connectivity index (χ1) is 8.52. The number of rotatable bonds is 2. The quantitative estimate of drug-likeness (QED) is 0.663. The Kier molecular flexibility index (Phi) is 3.68. The lowest BCUT2D eigenvalue weighted by molar-refractivity contribution is 0.103. The van der Waals surface area contributed by atoms with Gasteiger partial charge in [0.05, 0.1) is 9.50 Å². The summed E-state index contributed by atoms with van der Waals surface area (Å²) < 4.78 is 14.0. The van der Waals surface area contributed by atoms with E-state index in [1.807, 2.05) is 0 Å². The second-order valence-corrected chi connectivity index (χ2v) is 4.83. The number of hydrogen-bond acceptors (Lipinski definition) is 2. The van der Waals surface area contributed by atoms with Gasteiger partial charge in [-0.15, -0.1) is 0 Å². The van der Waals surface area contributed by atoms with E-state index >= 15 is 0 Å². The van der Waals surface area contributed by atoms with Gasteiger partial charge in [0.1, 0.15) is 11.3 Å². The third-order valence-corrected chi connectivity index (χ3v) is 3.29. The molecular weight excluding hydrogens is 322 g/mol. The van der Waals surface area contributed by atoms with Gasteiger partial charge in [-0.05, 0) is 22.0 Å². The minimum absolute atomic E-state index is 0.174. The second-order valence-electron chi connectivity index (χ2n) is 3.57. The Morgan fingerprint density at radius 3 is 2.50 bits per heavy atom. The molecule has 0 amide bonds. The van der Waals surface area contributed by atoms with Gasteiger partial charge in [0, 0.05) is 5.56 Å². The largest absolute Gasteiger partial charge is 0.506 e. The summed E-state index contributed by atoms with van der Waals surface area (Å²) in [6.45, 7) is 0. The Morgan fingerprint density at radius 2 is 1.89 bits per heavy atom. The SMILES string of the molecule is O=C(c1ccccc1)c1c(O)c(Br)cc(Cl)c1F. The van der Waals surface area contributed by atoms with E-state index in [4.69, 9.17) is 11.6 Å². The Balaban J connectivity index is 2.62. The molecule has 0 atom stereocenters. The zero-order valence-electron chi connectivity index (χ0n) is 8.95. The lowest BCUT2D eigenvalue weighted by Crippen LogP contribution is -2.05.